The van der Waals surface area contributed by atoms with Crippen LogP contribution >= 0.6 is 0 Å². The Balaban J connectivity index is 5.63. The summed E-state index contributed by atoms with van der Waals surface area (Å²) in [5.74, 6) is -5.73. The van der Waals surface area contributed by atoms with Gasteiger partial charge in [-0.3, -0.25) is 24.2 Å². The third kappa shape index (κ3) is 13.1. The van der Waals surface area contributed by atoms with Gasteiger partial charge in [0.15, 0.2) is 5.96 Å². The van der Waals surface area contributed by atoms with Crippen LogP contribution in [0.2, 0.25) is 0 Å². The number of hydrogen-bond acceptors (Lipinski definition) is 8. The zero-order chi connectivity index (χ0) is 27.3. The standard InChI is InChI=1S/C20H37N7O8/c1-9(2)7-12(17(32)27-13(19(34)35)8-14(29)30)26-16(31)11(5-4-6-24-20(22)23)25-18(33)15(21)10(3)28/h9-13,15,28H,4-8,21H2,1-3H3,(H,25,33)(H,26,31)(H,27,32)(H,29,30)(H,34,35)(H4,22,23,24). The molecule has 15 heteroatoms. The topological polar surface area (TPSA) is 273 Å². The van der Waals surface area contributed by atoms with Crippen molar-refractivity contribution in [2.45, 2.75) is 76.7 Å². The molecule has 0 saturated heterocycles. The smallest absolute Gasteiger partial charge is 0.326 e. The molecular weight excluding hydrogens is 466 g/mol. The maximum atomic E-state index is 13.0. The summed E-state index contributed by atoms with van der Waals surface area (Å²) in [7, 11) is 0. The van der Waals surface area contributed by atoms with Crippen molar-refractivity contribution in [3.63, 3.8) is 0 Å². The Hall–Kier alpha value is -3.46. The van der Waals surface area contributed by atoms with Gasteiger partial charge in [-0.1, -0.05) is 13.8 Å². The highest BCUT2D eigenvalue weighted by Gasteiger charge is 2.31. The van der Waals surface area contributed by atoms with E-state index in [4.69, 9.17) is 22.3 Å². The number of nitrogens with two attached hydrogens (primary N) is 3. The minimum atomic E-state index is -1.70. The monoisotopic (exact) mass is 503 g/mol. The second-order valence-corrected chi connectivity index (χ2v) is 8.46. The number of carboxylic acids is 2. The lowest BCUT2D eigenvalue weighted by molar-refractivity contribution is -0.147. The first-order valence-corrected chi connectivity index (χ1v) is 11.0. The van der Waals surface area contributed by atoms with Crippen molar-refractivity contribution in [1.29, 1.82) is 0 Å². The molecule has 15 nitrogen and oxygen atoms in total. The van der Waals surface area contributed by atoms with Gasteiger partial charge in [0.1, 0.15) is 24.2 Å². The zero-order valence-corrected chi connectivity index (χ0v) is 20.1. The molecule has 0 aliphatic carbocycles. The Bertz CT molecular complexity index is 783. The fourth-order valence-electron chi connectivity index (χ4n) is 2.88. The number of aliphatic hydroxyl groups excluding tert-OH is 1. The van der Waals surface area contributed by atoms with Crippen LogP contribution in [0.1, 0.15) is 46.5 Å². The number of carbonyl (C=O) groups is 5. The molecule has 0 aromatic carbocycles. The molecule has 0 aromatic heterocycles. The van der Waals surface area contributed by atoms with Gasteiger partial charge in [-0.05, 0) is 32.1 Å². The van der Waals surface area contributed by atoms with Crippen LogP contribution in [-0.4, -0.2) is 87.8 Å². The van der Waals surface area contributed by atoms with E-state index in [2.05, 4.69) is 20.9 Å². The second-order valence-electron chi connectivity index (χ2n) is 8.46. The Kier molecular flexibility index (Phi) is 13.9. The van der Waals surface area contributed by atoms with E-state index in [1.54, 1.807) is 13.8 Å². The summed E-state index contributed by atoms with van der Waals surface area (Å²) in [4.78, 5) is 64.0. The van der Waals surface area contributed by atoms with Crippen molar-refractivity contribution < 1.29 is 39.3 Å². The van der Waals surface area contributed by atoms with Crippen molar-refractivity contribution in [3.8, 4) is 0 Å². The van der Waals surface area contributed by atoms with E-state index in [0.29, 0.717) is 0 Å². The highest BCUT2D eigenvalue weighted by atomic mass is 16.4. The average molecular weight is 504 g/mol. The molecule has 0 aromatic rings. The first-order valence-electron chi connectivity index (χ1n) is 11.0. The van der Waals surface area contributed by atoms with Crippen molar-refractivity contribution in [1.82, 2.24) is 16.0 Å². The lowest BCUT2D eigenvalue weighted by Crippen LogP contribution is -2.58. The number of carboxylic acid groups (broad SMARTS) is 2. The number of aliphatic imine (C=N–C) groups is 1. The van der Waals surface area contributed by atoms with E-state index in [9.17, 15) is 34.2 Å². The van der Waals surface area contributed by atoms with Crippen LogP contribution in [0, 0.1) is 5.92 Å². The van der Waals surface area contributed by atoms with Crippen LogP contribution in [0.15, 0.2) is 4.99 Å². The van der Waals surface area contributed by atoms with Crippen molar-refractivity contribution in [3.05, 3.63) is 0 Å². The van der Waals surface area contributed by atoms with Crippen LogP contribution in [0.5, 0.6) is 0 Å². The predicted octanol–water partition coefficient (Wildman–Crippen LogP) is -3.19. The lowest BCUT2D eigenvalue weighted by Gasteiger charge is -2.26. The number of amides is 3. The summed E-state index contributed by atoms with van der Waals surface area (Å²) in [5, 5.41) is 34.6. The molecule has 5 unspecified atom stereocenters. The third-order valence-electron chi connectivity index (χ3n) is 4.73. The van der Waals surface area contributed by atoms with Crippen LogP contribution in [0.25, 0.3) is 0 Å². The number of hydrogen-bond donors (Lipinski definition) is 9. The first-order chi connectivity index (χ1) is 16.1. The number of guanidine groups is 1. The molecule has 0 heterocycles. The van der Waals surface area contributed by atoms with Crippen LogP contribution in [0.3, 0.4) is 0 Å². The first kappa shape index (κ1) is 31.5. The predicted molar refractivity (Wildman–Crippen MR) is 125 cm³/mol. The molecule has 0 fully saturated rings. The van der Waals surface area contributed by atoms with E-state index >= 15 is 0 Å². The van der Waals surface area contributed by atoms with Gasteiger partial charge in [0.05, 0.1) is 12.5 Å². The molecule has 35 heavy (non-hydrogen) atoms. The average Bonchev–Trinajstić information content (AvgIpc) is 2.72. The summed E-state index contributed by atoms with van der Waals surface area (Å²) in [5.41, 5.74) is 16.2. The van der Waals surface area contributed by atoms with E-state index in [0.717, 1.165) is 0 Å². The number of aliphatic carboxylic acids is 2. The van der Waals surface area contributed by atoms with E-state index in [1.807, 2.05) is 0 Å². The fraction of sp³-hybridized carbons (Fsp3) is 0.700. The summed E-state index contributed by atoms with van der Waals surface area (Å²) in [6.07, 6.45) is -1.64. The van der Waals surface area contributed by atoms with Gasteiger partial charge in [0.25, 0.3) is 0 Å². The van der Waals surface area contributed by atoms with Gasteiger partial charge in [-0.15, -0.1) is 0 Å². The molecule has 0 spiro atoms. The van der Waals surface area contributed by atoms with Gasteiger partial charge in [-0.2, -0.15) is 0 Å². The van der Waals surface area contributed by atoms with Crippen LogP contribution < -0.4 is 33.2 Å². The molecule has 0 bridgehead atoms. The number of carbonyl (C=O) groups excluding carboxylic acids is 3. The van der Waals surface area contributed by atoms with E-state index < -0.39 is 66.4 Å². The summed E-state index contributed by atoms with van der Waals surface area (Å²) >= 11 is 0. The normalized spacial score (nSPS) is 15.1. The molecule has 0 saturated carbocycles. The van der Waals surface area contributed by atoms with E-state index in [-0.39, 0.29) is 37.7 Å². The lowest BCUT2D eigenvalue weighted by atomic mass is 10.0. The van der Waals surface area contributed by atoms with Crippen molar-refractivity contribution >= 4 is 35.6 Å². The van der Waals surface area contributed by atoms with Gasteiger partial charge < -0.3 is 48.5 Å². The minimum absolute atomic E-state index is 0.0493. The minimum Gasteiger partial charge on any atom is -0.481 e. The van der Waals surface area contributed by atoms with Gasteiger partial charge >= 0.3 is 11.9 Å². The van der Waals surface area contributed by atoms with Crippen molar-refractivity contribution in [2.75, 3.05) is 6.54 Å². The summed E-state index contributed by atoms with van der Waals surface area (Å²) in [6.45, 7) is 4.97. The second kappa shape index (κ2) is 15.4. The third-order valence-corrected chi connectivity index (χ3v) is 4.73. The number of rotatable bonds is 16. The Labute approximate surface area is 202 Å². The summed E-state index contributed by atoms with van der Waals surface area (Å²) < 4.78 is 0. The molecule has 0 radical (unpaired) electrons. The SMILES string of the molecule is CC(C)CC(NC(=O)C(CCCN=C(N)N)NC(=O)C(N)C(C)O)C(=O)NC(CC(=O)O)C(=O)O. The Morgan fingerprint density at radius 1 is 0.857 bits per heavy atom. The van der Waals surface area contributed by atoms with Crippen LogP contribution in [0.4, 0.5) is 0 Å². The molecule has 12 N–H and O–H groups in total. The molecule has 0 rings (SSSR count). The number of aliphatic hydroxyl groups is 1. The summed E-state index contributed by atoms with van der Waals surface area (Å²) in [6, 6.07) is -5.42. The largest absolute Gasteiger partial charge is 0.481 e. The molecule has 3 amide bonds. The van der Waals surface area contributed by atoms with Gasteiger partial charge in [-0.25, -0.2) is 4.79 Å². The maximum absolute atomic E-state index is 13.0. The van der Waals surface area contributed by atoms with Gasteiger partial charge in [0, 0.05) is 6.54 Å². The Morgan fingerprint density at radius 2 is 1.37 bits per heavy atom. The van der Waals surface area contributed by atoms with E-state index in [1.165, 1.54) is 6.92 Å². The highest BCUT2D eigenvalue weighted by molar-refractivity contribution is 5.94. The molecule has 0 aliphatic rings. The molecule has 5 atom stereocenters. The quantitative estimate of drug-likeness (QED) is 0.0574. The Morgan fingerprint density at radius 3 is 1.83 bits per heavy atom. The highest BCUT2D eigenvalue weighted by Crippen LogP contribution is 2.08. The molecular formula is C20H37N7O8. The van der Waals surface area contributed by atoms with Gasteiger partial charge in [0.2, 0.25) is 17.7 Å². The van der Waals surface area contributed by atoms with Crippen LogP contribution in [-0.2, 0) is 24.0 Å². The molecule has 200 valence electrons. The fourth-order valence-corrected chi connectivity index (χ4v) is 2.88. The number of nitrogens with one attached hydrogen (secondary N) is 3. The maximum Gasteiger partial charge on any atom is 0.326 e. The molecule has 0 aliphatic heterocycles. The van der Waals surface area contributed by atoms with Crippen molar-refractivity contribution in [2.24, 2.45) is 28.1 Å². The zero-order valence-electron chi connectivity index (χ0n) is 20.1. The number of nitrogens with zero attached hydrogens (tertiary/aromatic N) is 1.